The summed E-state index contributed by atoms with van der Waals surface area (Å²) in [5, 5.41) is 0. The average molecular weight is 407 g/mol. The molecule has 0 aromatic carbocycles. The molecule has 9 heteroatoms. The van der Waals surface area contributed by atoms with Gasteiger partial charge in [0.15, 0.2) is 0 Å². The number of likely N-dealkylation sites (tertiary alicyclic amines) is 1. The van der Waals surface area contributed by atoms with Crippen molar-refractivity contribution in [1.29, 1.82) is 0 Å². The first-order chi connectivity index (χ1) is 13.7. The van der Waals surface area contributed by atoms with E-state index in [1.54, 1.807) is 0 Å². The number of hydrogen-bond donors (Lipinski definition) is 1. The van der Waals surface area contributed by atoms with Gasteiger partial charge in [-0.3, -0.25) is 4.90 Å². The molecule has 2 unspecified atom stereocenters. The third-order valence-electron chi connectivity index (χ3n) is 6.43. The third-order valence-corrected chi connectivity index (χ3v) is 6.43. The Hall–Kier alpha value is -2.13. The number of nitrogen functional groups attached to an aromatic ring is 1. The van der Waals surface area contributed by atoms with Crippen molar-refractivity contribution in [3.05, 3.63) is 29.8 Å². The maximum absolute atomic E-state index is 13.2. The topological polar surface area (TPSA) is 69.2 Å². The number of rotatable bonds is 4. The van der Waals surface area contributed by atoms with Crippen LogP contribution in [0.15, 0.2) is 18.5 Å². The summed E-state index contributed by atoms with van der Waals surface area (Å²) in [6.45, 7) is 7.86. The second kappa shape index (κ2) is 6.43. The summed E-state index contributed by atoms with van der Waals surface area (Å²) in [6.07, 6.45) is -1.28. The molecule has 0 amide bonds. The fourth-order valence-corrected chi connectivity index (χ4v) is 4.73. The van der Waals surface area contributed by atoms with Gasteiger partial charge in [0.05, 0.1) is 30.5 Å². The van der Waals surface area contributed by atoms with E-state index in [0.717, 1.165) is 38.2 Å². The van der Waals surface area contributed by atoms with Crippen LogP contribution in [0.3, 0.4) is 0 Å². The Morgan fingerprint density at radius 1 is 1.21 bits per heavy atom. The summed E-state index contributed by atoms with van der Waals surface area (Å²) in [5.74, 6) is 1.71. The van der Waals surface area contributed by atoms with Crippen molar-refractivity contribution < 1.29 is 17.9 Å². The molecule has 3 fully saturated rings. The van der Waals surface area contributed by atoms with Crippen LogP contribution in [-0.2, 0) is 10.9 Å². The van der Waals surface area contributed by atoms with Gasteiger partial charge in [-0.15, -0.1) is 0 Å². The molecule has 2 saturated heterocycles. The van der Waals surface area contributed by atoms with E-state index in [1.165, 1.54) is 6.20 Å². The van der Waals surface area contributed by atoms with E-state index in [4.69, 9.17) is 10.5 Å². The highest BCUT2D eigenvalue weighted by molar-refractivity contribution is 5.62. The molecule has 156 valence electrons. The van der Waals surface area contributed by atoms with E-state index in [2.05, 4.69) is 33.3 Å². The van der Waals surface area contributed by atoms with Crippen LogP contribution >= 0.6 is 0 Å². The summed E-state index contributed by atoms with van der Waals surface area (Å²) in [7, 11) is 0. The van der Waals surface area contributed by atoms with Gasteiger partial charge in [-0.1, -0.05) is 13.8 Å². The van der Waals surface area contributed by atoms with Gasteiger partial charge >= 0.3 is 6.18 Å². The first kappa shape index (κ1) is 18.9. The van der Waals surface area contributed by atoms with Crippen LogP contribution in [0.2, 0.25) is 0 Å². The Labute approximate surface area is 166 Å². The summed E-state index contributed by atoms with van der Waals surface area (Å²) in [4.78, 5) is 10.9. The zero-order valence-electron chi connectivity index (χ0n) is 16.4. The molecule has 29 heavy (non-hydrogen) atoms. The Morgan fingerprint density at radius 3 is 2.45 bits per heavy atom. The Morgan fingerprint density at radius 2 is 1.90 bits per heavy atom. The number of pyridine rings is 1. The molecular formula is C20H24F3N5O. The van der Waals surface area contributed by atoms with E-state index in [-0.39, 0.29) is 5.92 Å². The van der Waals surface area contributed by atoms with E-state index < -0.39 is 17.6 Å². The standard InChI is InChI=1S/C20H24F3N5O/c1-10(2)19-26-16(11-3-15(20(21,22)23)18(24)25-4-11)7-28(19)17-13-5-27(6-14(13)17)12-8-29-9-12/h3-4,7,10,12-14,17H,5-6,8-9H2,1-2H3,(H2,24,25). The van der Waals surface area contributed by atoms with Gasteiger partial charge in [0.2, 0.25) is 0 Å². The number of anilines is 1. The molecule has 0 bridgehead atoms. The van der Waals surface area contributed by atoms with Crippen LogP contribution < -0.4 is 5.73 Å². The van der Waals surface area contributed by atoms with Crippen molar-refractivity contribution in [1.82, 2.24) is 19.4 Å². The van der Waals surface area contributed by atoms with E-state index >= 15 is 0 Å². The van der Waals surface area contributed by atoms with Gasteiger partial charge in [0.1, 0.15) is 11.6 Å². The zero-order chi connectivity index (χ0) is 20.5. The molecule has 4 heterocycles. The minimum absolute atomic E-state index is 0.171. The summed E-state index contributed by atoms with van der Waals surface area (Å²) < 4.78 is 47.2. The fourth-order valence-electron chi connectivity index (χ4n) is 4.73. The molecular weight excluding hydrogens is 383 g/mol. The number of halogens is 3. The maximum atomic E-state index is 13.2. The molecule has 2 aliphatic heterocycles. The number of aromatic nitrogens is 3. The lowest BCUT2D eigenvalue weighted by Crippen LogP contribution is -2.49. The molecule has 5 rings (SSSR count). The molecule has 2 aromatic heterocycles. The largest absolute Gasteiger partial charge is 0.419 e. The molecule has 2 atom stereocenters. The lowest BCUT2D eigenvalue weighted by Gasteiger charge is -2.36. The number of nitrogens with two attached hydrogens (primary N) is 1. The van der Waals surface area contributed by atoms with Gasteiger partial charge in [-0.2, -0.15) is 13.2 Å². The van der Waals surface area contributed by atoms with E-state index in [9.17, 15) is 13.2 Å². The second-order valence-corrected chi connectivity index (χ2v) is 8.66. The second-order valence-electron chi connectivity index (χ2n) is 8.66. The van der Waals surface area contributed by atoms with E-state index in [0.29, 0.717) is 35.2 Å². The van der Waals surface area contributed by atoms with Crippen molar-refractivity contribution in [3.8, 4) is 11.3 Å². The van der Waals surface area contributed by atoms with Gasteiger partial charge in [-0.25, -0.2) is 9.97 Å². The van der Waals surface area contributed by atoms with Gasteiger partial charge in [-0.05, 0) is 17.9 Å². The number of ether oxygens (including phenoxy) is 1. The molecule has 2 aromatic rings. The van der Waals surface area contributed by atoms with Crippen molar-refractivity contribution >= 4 is 5.82 Å². The molecule has 6 nitrogen and oxygen atoms in total. The molecule has 1 saturated carbocycles. The van der Waals surface area contributed by atoms with Crippen molar-refractivity contribution in [3.63, 3.8) is 0 Å². The van der Waals surface area contributed by atoms with Crippen molar-refractivity contribution in [2.45, 2.75) is 38.0 Å². The number of fused-ring (bicyclic) bond motifs is 1. The predicted molar refractivity (Wildman–Crippen MR) is 101 cm³/mol. The quantitative estimate of drug-likeness (QED) is 0.843. The van der Waals surface area contributed by atoms with Crippen LogP contribution in [0, 0.1) is 11.8 Å². The van der Waals surface area contributed by atoms with Crippen LogP contribution in [0.1, 0.15) is 37.2 Å². The van der Waals surface area contributed by atoms with Crippen LogP contribution in [0.4, 0.5) is 19.0 Å². The maximum Gasteiger partial charge on any atom is 0.419 e. The summed E-state index contributed by atoms with van der Waals surface area (Å²) in [5.41, 5.74) is 5.38. The lowest BCUT2D eigenvalue weighted by molar-refractivity contribution is -0.137. The molecule has 1 aliphatic carbocycles. The monoisotopic (exact) mass is 407 g/mol. The molecule has 3 aliphatic rings. The smallest absolute Gasteiger partial charge is 0.383 e. The third kappa shape index (κ3) is 3.11. The van der Waals surface area contributed by atoms with Gasteiger partial charge < -0.3 is 15.0 Å². The van der Waals surface area contributed by atoms with Crippen LogP contribution in [0.5, 0.6) is 0 Å². The summed E-state index contributed by atoms with van der Waals surface area (Å²) >= 11 is 0. The number of nitrogens with zero attached hydrogens (tertiary/aromatic N) is 4. The first-order valence-electron chi connectivity index (χ1n) is 9.97. The van der Waals surface area contributed by atoms with Gasteiger partial charge in [0, 0.05) is 43.0 Å². The number of imidazole rings is 1. The summed E-state index contributed by atoms with van der Waals surface area (Å²) in [6, 6.07) is 1.97. The predicted octanol–water partition coefficient (Wildman–Crippen LogP) is 3.17. The van der Waals surface area contributed by atoms with Crippen LogP contribution in [0.25, 0.3) is 11.3 Å². The minimum Gasteiger partial charge on any atom is -0.383 e. The highest BCUT2D eigenvalue weighted by atomic mass is 19.4. The van der Waals surface area contributed by atoms with Crippen LogP contribution in [-0.4, -0.2) is 51.8 Å². The Kier molecular flexibility index (Phi) is 4.19. The van der Waals surface area contributed by atoms with Crippen molar-refractivity contribution in [2.24, 2.45) is 11.8 Å². The van der Waals surface area contributed by atoms with E-state index in [1.807, 2.05) is 6.20 Å². The molecule has 2 N–H and O–H groups in total. The van der Waals surface area contributed by atoms with Crippen molar-refractivity contribution in [2.75, 3.05) is 32.0 Å². The SMILES string of the molecule is CC(C)c1nc(-c2cnc(N)c(C(F)(F)F)c2)cn1C1C2CN(C3COC3)CC21. The number of hydrogen-bond acceptors (Lipinski definition) is 5. The zero-order valence-corrected chi connectivity index (χ0v) is 16.4. The fraction of sp³-hybridized carbons (Fsp3) is 0.600. The average Bonchev–Trinajstić information content (AvgIpc) is 2.96. The highest BCUT2D eigenvalue weighted by Gasteiger charge is 2.58. The molecule has 0 spiro atoms. The Balaban J connectivity index is 1.43. The first-order valence-corrected chi connectivity index (χ1v) is 9.97. The lowest BCUT2D eigenvalue weighted by atomic mass is 10.1. The van der Waals surface area contributed by atoms with Gasteiger partial charge in [0.25, 0.3) is 0 Å². The Bertz CT molecular complexity index is 925. The normalized spacial score (nSPS) is 27.3. The number of alkyl halides is 3. The highest BCUT2D eigenvalue weighted by Crippen LogP contribution is 2.57. The minimum atomic E-state index is -4.54. The number of piperidine rings is 1. The molecule has 0 radical (unpaired) electrons.